The van der Waals surface area contributed by atoms with E-state index >= 15 is 0 Å². The molecule has 2 rings (SSSR count). The normalized spacial score (nSPS) is 12.9. The summed E-state index contributed by atoms with van der Waals surface area (Å²) in [7, 11) is -3.91. The van der Waals surface area contributed by atoms with Gasteiger partial charge < -0.3 is 4.74 Å². The third kappa shape index (κ3) is 4.72. The Bertz CT molecular complexity index is 786. The van der Waals surface area contributed by atoms with Gasteiger partial charge in [-0.15, -0.1) is 13.2 Å². The van der Waals surface area contributed by atoms with Crippen molar-refractivity contribution in [1.82, 2.24) is 4.72 Å². The lowest BCUT2D eigenvalue weighted by atomic mass is 9.96. The number of hydrogen-bond donors (Lipinski definition) is 1. The van der Waals surface area contributed by atoms with Crippen LogP contribution in [0, 0.1) is 0 Å². The molecule has 0 saturated heterocycles. The Morgan fingerprint density at radius 1 is 0.917 bits per heavy atom. The summed E-state index contributed by atoms with van der Waals surface area (Å²) in [4.78, 5) is -0.152. The standard InChI is InChI=1S/C16H16F3NO3S/c1-15(2,12-6-4-3-5-7-12)20-24(21,22)14-10-8-13(9-11-14)23-16(17,18)19/h3-11,20H,1-2H3. The van der Waals surface area contributed by atoms with Crippen LogP contribution >= 0.6 is 0 Å². The summed E-state index contributed by atoms with van der Waals surface area (Å²) >= 11 is 0. The smallest absolute Gasteiger partial charge is 0.406 e. The lowest BCUT2D eigenvalue weighted by molar-refractivity contribution is -0.274. The van der Waals surface area contributed by atoms with Crippen molar-refractivity contribution < 1.29 is 26.3 Å². The molecule has 8 heteroatoms. The second kappa shape index (κ2) is 6.45. The van der Waals surface area contributed by atoms with Crippen molar-refractivity contribution in [1.29, 1.82) is 0 Å². The Balaban J connectivity index is 2.21. The average Bonchev–Trinajstić information content (AvgIpc) is 2.46. The molecule has 0 aliphatic carbocycles. The summed E-state index contributed by atoms with van der Waals surface area (Å²) in [6, 6.07) is 13.0. The van der Waals surface area contributed by atoms with Gasteiger partial charge >= 0.3 is 6.36 Å². The predicted molar refractivity (Wildman–Crippen MR) is 82.9 cm³/mol. The second-order valence-electron chi connectivity index (χ2n) is 5.62. The third-order valence-corrected chi connectivity index (χ3v) is 4.92. The molecule has 0 heterocycles. The largest absolute Gasteiger partial charge is 0.573 e. The highest BCUT2D eigenvalue weighted by atomic mass is 32.2. The highest BCUT2D eigenvalue weighted by Crippen LogP contribution is 2.26. The fourth-order valence-electron chi connectivity index (χ4n) is 2.13. The third-order valence-electron chi connectivity index (χ3n) is 3.25. The average molecular weight is 359 g/mol. The molecule has 0 fully saturated rings. The summed E-state index contributed by atoms with van der Waals surface area (Å²) in [5.41, 5.74) is -0.132. The van der Waals surface area contributed by atoms with Crippen LogP contribution in [0.1, 0.15) is 19.4 Å². The zero-order chi connectivity index (χ0) is 18.0. The Labute approximate surface area is 138 Å². The van der Waals surface area contributed by atoms with Crippen molar-refractivity contribution in [2.24, 2.45) is 0 Å². The SMILES string of the molecule is CC(C)(NS(=O)(=O)c1ccc(OC(F)(F)F)cc1)c1ccccc1. The Morgan fingerprint density at radius 2 is 1.46 bits per heavy atom. The lowest BCUT2D eigenvalue weighted by Gasteiger charge is -2.26. The van der Waals surface area contributed by atoms with Gasteiger partial charge in [0, 0.05) is 0 Å². The molecule has 1 N–H and O–H groups in total. The van der Waals surface area contributed by atoms with E-state index in [2.05, 4.69) is 9.46 Å². The van der Waals surface area contributed by atoms with E-state index in [0.717, 1.165) is 29.8 Å². The number of ether oxygens (including phenoxy) is 1. The molecule has 0 bridgehead atoms. The van der Waals surface area contributed by atoms with Crippen molar-refractivity contribution >= 4 is 10.0 Å². The number of alkyl halides is 3. The molecule has 2 aromatic carbocycles. The maximum atomic E-state index is 12.4. The molecule has 4 nitrogen and oxygen atoms in total. The zero-order valence-corrected chi connectivity index (χ0v) is 13.8. The quantitative estimate of drug-likeness (QED) is 0.883. The van der Waals surface area contributed by atoms with Crippen LogP contribution in [-0.4, -0.2) is 14.8 Å². The van der Waals surface area contributed by atoms with Gasteiger partial charge in [0.25, 0.3) is 0 Å². The minimum absolute atomic E-state index is 0.152. The molecular formula is C16H16F3NO3S. The van der Waals surface area contributed by atoms with E-state index in [1.54, 1.807) is 38.1 Å². The van der Waals surface area contributed by atoms with E-state index in [0.29, 0.717) is 0 Å². The van der Waals surface area contributed by atoms with Crippen LogP contribution in [0.4, 0.5) is 13.2 Å². The fraction of sp³-hybridized carbons (Fsp3) is 0.250. The highest BCUT2D eigenvalue weighted by molar-refractivity contribution is 7.89. The van der Waals surface area contributed by atoms with E-state index in [1.807, 2.05) is 6.07 Å². The van der Waals surface area contributed by atoms with Crippen molar-refractivity contribution in [3.05, 3.63) is 60.2 Å². The summed E-state index contributed by atoms with van der Waals surface area (Å²) in [6.07, 6.45) is -4.83. The Morgan fingerprint density at radius 3 is 1.96 bits per heavy atom. The van der Waals surface area contributed by atoms with Crippen molar-refractivity contribution in [3.63, 3.8) is 0 Å². The van der Waals surface area contributed by atoms with Gasteiger partial charge in [0.05, 0.1) is 10.4 Å². The Hall–Kier alpha value is -2.06. The van der Waals surface area contributed by atoms with Gasteiger partial charge in [-0.3, -0.25) is 0 Å². The molecule has 24 heavy (non-hydrogen) atoms. The van der Waals surface area contributed by atoms with Crippen molar-refractivity contribution in [2.45, 2.75) is 30.6 Å². The van der Waals surface area contributed by atoms with Gasteiger partial charge in [-0.05, 0) is 43.7 Å². The van der Waals surface area contributed by atoms with Crippen LogP contribution < -0.4 is 9.46 Å². The maximum Gasteiger partial charge on any atom is 0.573 e. The van der Waals surface area contributed by atoms with Gasteiger partial charge in [0.1, 0.15) is 5.75 Å². The molecular weight excluding hydrogens is 343 g/mol. The minimum Gasteiger partial charge on any atom is -0.406 e. The van der Waals surface area contributed by atoms with Crippen LogP contribution in [0.2, 0.25) is 0 Å². The van der Waals surface area contributed by atoms with E-state index in [-0.39, 0.29) is 4.90 Å². The molecule has 0 radical (unpaired) electrons. The zero-order valence-electron chi connectivity index (χ0n) is 13.0. The number of rotatable bonds is 5. The first-order chi connectivity index (χ1) is 11.0. The monoisotopic (exact) mass is 359 g/mol. The molecule has 2 aromatic rings. The van der Waals surface area contributed by atoms with Crippen LogP contribution in [-0.2, 0) is 15.6 Å². The lowest BCUT2D eigenvalue weighted by Crippen LogP contribution is -2.40. The molecule has 130 valence electrons. The first-order valence-electron chi connectivity index (χ1n) is 6.95. The minimum atomic E-state index is -4.83. The van der Waals surface area contributed by atoms with E-state index < -0.39 is 27.7 Å². The van der Waals surface area contributed by atoms with Gasteiger partial charge in [0.2, 0.25) is 10.0 Å². The summed E-state index contributed by atoms with van der Waals surface area (Å²) in [5, 5.41) is 0. The van der Waals surface area contributed by atoms with Gasteiger partial charge in [-0.25, -0.2) is 13.1 Å². The first kappa shape index (κ1) is 18.3. The van der Waals surface area contributed by atoms with Gasteiger partial charge in [-0.1, -0.05) is 30.3 Å². The van der Waals surface area contributed by atoms with Crippen LogP contribution in [0.3, 0.4) is 0 Å². The number of hydrogen-bond acceptors (Lipinski definition) is 3. The summed E-state index contributed by atoms with van der Waals surface area (Å²) in [5.74, 6) is -0.483. The molecule has 0 amide bonds. The summed E-state index contributed by atoms with van der Waals surface area (Å²) < 4.78 is 67.6. The summed E-state index contributed by atoms with van der Waals surface area (Å²) in [6.45, 7) is 3.39. The van der Waals surface area contributed by atoms with E-state index in [9.17, 15) is 21.6 Å². The number of benzene rings is 2. The molecule has 0 atom stereocenters. The van der Waals surface area contributed by atoms with Crippen molar-refractivity contribution in [2.75, 3.05) is 0 Å². The molecule has 0 aliphatic rings. The second-order valence-corrected chi connectivity index (χ2v) is 7.30. The Kier molecular flexibility index (Phi) is 4.91. The highest BCUT2D eigenvalue weighted by Gasteiger charge is 2.31. The number of halogens is 3. The number of nitrogens with one attached hydrogen (secondary N) is 1. The topological polar surface area (TPSA) is 55.4 Å². The first-order valence-corrected chi connectivity index (χ1v) is 8.43. The predicted octanol–water partition coefficient (Wildman–Crippen LogP) is 3.80. The molecule has 0 aromatic heterocycles. The van der Waals surface area contributed by atoms with Crippen LogP contribution in [0.25, 0.3) is 0 Å². The van der Waals surface area contributed by atoms with Crippen molar-refractivity contribution in [3.8, 4) is 5.75 Å². The molecule has 0 saturated carbocycles. The molecule has 0 unspecified atom stereocenters. The van der Waals surface area contributed by atoms with Gasteiger partial charge in [-0.2, -0.15) is 0 Å². The molecule has 0 spiro atoms. The van der Waals surface area contributed by atoms with Crippen LogP contribution in [0.5, 0.6) is 5.75 Å². The maximum absolute atomic E-state index is 12.4. The van der Waals surface area contributed by atoms with Gasteiger partial charge in [0.15, 0.2) is 0 Å². The van der Waals surface area contributed by atoms with Crippen LogP contribution in [0.15, 0.2) is 59.5 Å². The molecule has 0 aliphatic heterocycles. The van der Waals surface area contributed by atoms with E-state index in [4.69, 9.17) is 0 Å². The van der Waals surface area contributed by atoms with E-state index in [1.165, 1.54) is 0 Å². The number of sulfonamides is 1. The fourth-order valence-corrected chi connectivity index (χ4v) is 3.53.